The molecule has 98 valence electrons. The number of thiophene rings is 1. The van der Waals surface area contributed by atoms with E-state index in [1.54, 1.807) is 12.3 Å². The Kier molecular flexibility index (Phi) is 3.13. The molecule has 0 aliphatic carbocycles. The molecule has 0 saturated heterocycles. The van der Waals surface area contributed by atoms with E-state index in [1.165, 1.54) is 16.2 Å². The van der Waals surface area contributed by atoms with Crippen LogP contribution in [0.1, 0.15) is 32.6 Å². The first-order chi connectivity index (χ1) is 9.74. The van der Waals surface area contributed by atoms with Crippen molar-refractivity contribution in [3.8, 4) is 6.07 Å². The topological polar surface area (TPSA) is 56.6 Å². The number of benzene rings is 1. The lowest BCUT2D eigenvalue weighted by atomic mass is 10.0. The molecular weight excluding hydrogens is 268 g/mol. The highest BCUT2D eigenvalue weighted by Gasteiger charge is 2.18. The number of carbonyl (C=O) groups is 1. The Morgan fingerprint density at radius 2 is 2.20 bits per heavy atom. The van der Waals surface area contributed by atoms with E-state index < -0.39 is 0 Å². The van der Waals surface area contributed by atoms with Gasteiger partial charge in [0.15, 0.2) is 0 Å². The van der Waals surface area contributed by atoms with Crippen LogP contribution in [-0.4, -0.2) is 10.8 Å². The van der Waals surface area contributed by atoms with Gasteiger partial charge in [0.2, 0.25) is 5.78 Å². The van der Waals surface area contributed by atoms with Crippen LogP contribution in [-0.2, 0) is 6.42 Å². The molecule has 2 aromatic heterocycles. The van der Waals surface area contributed by atoms with Crippen LogP contribution in [0.15, 0.2) is 36.5 Å². The van der Waals surface area contributed by atoms with Crippen LogP contribution in [0.4, 0.5) is 0 Å². The Bertz CT molecular complexity index is 836. The van der Waals surface area contributed by atoms with Crippen molar-refractivity contribution in [3.05, 3.63) is 57.4 Å². The van der Waals surface area contributed by atoms with Crippen LogP contribution < -0.4 is 0 Å². The number of nitrogens with one attached hydrogen (secondary N) is 1. The summed E-state index contributed by atoms with van der Waals surface area (Å²) in [6, 6.07) is 11.4. The van der Waals surface area contributed by atoms with E-state index in [0.29, 0.717) is 16.5 Å². The van der Waals surface area contributed by atoms with E-state index in [9.17, 15) is 10.1 Å². The molecule has 0 bridgehead atoms. The van der Waals surface area contributed by atoms with Crippen molar-refractivity contribution in [2.45, 2.75) is 13.3 Å². The number of H-pyrrole nitrogens is 1. The number of ketones is 1. The molecule has 0 atom stereocenters. The molecule has 20 heavy (non-hydrogen) atoms. The lowest BCUT2D eigenvalue weighted by Gasteiger charge is -1.98. The van der Waals surface area contributed by atoms with Gasteiger partial charge in [-0.3, -0.25) is 4.79 Å². The molecule has 1 N–H and O–H groups in total. The van der Waals surface area contributed by atoms with Crippen molar-refractivity contribution < 1.29 is 4.79 Å². The minimum Gasteiger partial charge on any atom is -0.360 e. The molecule has 1 aromatic carbocycles. The van der Waals surface area contributed by atoms with Crippen molar-refractivity contribution in [1.29, 1.82) is 5.26 Å². The number of rotatable bonds is 3. The minimum absolute atomic E-state index is 0.0244. The van der Waals surface area contributed by atoms with Crippen molar-refractivity contribution in [2.24, 2.45) is 0 Å². The third-order valence-electron chi connectivity index (χ3n) is 3.30. The molecule has 3 aromatic rings. The fraction of sp³-hybridized carbons (Fsp3) is 0.125. The molecule has 0 amide bonds. The van der Waals surface area contributed by atoms with Crippen LogP contribution in [0, 0.1) is 11.3 Å². The van der Waals surface area contributed by atoms with Gasteiger partial charge < -0.3 is 4.98 Å². The summed E-state index contributed by atoms with van der Waals surface area (Å²) in [6.07, 6.45) is 2.62. The summed E-state index contributed by atoms with van der Waals surface area (Å²) in [5.41, 5.74) is 1.92. The third kappa shape index (κ3) is 1.93. The molecule has 0 unspecified atom stereocenters. The van der Waals surface area contributed by atoms with Crippen molar-refractivity contribution in [1.82, 2.24) is 4.98 Å². The molecule has 3 nitrogen and oxygen atoms in total. The summed E-state index contributed by atoms with van der Waals surface area (Å²) in [5, 5.41) is 9.91. The molecule has 3 rings (SSSR count). The van der Waals surface area contributed by atoms with E-state index in [4.69, 9.17) is 0 Å². The van der Waals surface area contributed by atoms with Gasteiger partial charge in [0.05, 0.1) is 22.1 Å². The lowest BCUT2D eigenvalue weighted by Crippen LogP contribution is -1.97. The van der Waals surface area contributed by atoms with Gasteiger partial charge in [-0.2, -0.15) is 5.26 Å². The summed E-state index contributed by atoms with van der Waals surface area (Å²) in [4.78, 5) is 17.6. The fourth-order valence-corrected chi connectivity index (χ4v) is 3.18. The zero-order chi connectivity index (χ0) is 14.1. The number of hydrogen-bond acceptors (Lipinski definition) is 3. The fourth-order valence-electron chi connectivity index (χ4n) is 2.28. The Labute approximate surface area is 120 Å². The molecule has 0 aliphatic rings. The maximum atomic E-state index is 12.6. The molecule has 2 heterocycles. The SMILES string of the molecule is CCc1ccc(C(=O)c2c[nH]c3cccc(C#N)c23)s1. The first-order valence-electron chi connectivity index (χ1n) is 6.38. The molecular formula is C16H12N2OS. The monoisotopic (exact) mass is 280 g/mol. The van der Waals surface area contributed by atoms with Gasteiger partial charge in [-0.15, -0.1) is 11.3 Å². The highest BCUT2D eigenvalue weighted by atomic mass is 32.1. The zero-order valence-corrected chi connectivity index (χ0v) is 11.8. The summed E-state index contributed by atoms with van der Waals surface area (Å²) in [6.45, 7) is 2.07. The predicted octanol–water partition coefficient (Wildman–Crippen LogP) is 3.89. The first kappa shape index (κ1) is 12.6. The van der Waals surface area contributed by atoms with Crippen molar-refractivity contribution >= 4 is 28.0 Å². The number of carbonyl (C=O) groups excluding carboxylic acids is 1. The average Bonchev–Trinajstić information content (AvgIpc) is 3.12. The van der Waals surface area contributed by atoms with Crippen molar-refractivity contribution in [2.75, 3.05) is 0 Å². The average molecular weight is 280 g/mol. The number of aromatic nitrogens is 1. The van der Waals surface area contributed by atoms with Gasteiger partial charge in [-0.1, -0.05) is 13.0 Å². The van der Waals surface area contributed by atoms with E-state index in [2.05, 4.69) is 18.0 Å². The highest BCUT2D eigenvalue weighted by Crippen LogP contribution is 2.27. The maximum Gasteiger partial charge on any atom is 0.205 e. The lowest BCUT2D eigenvalue weighted by molar-refractivity contribution is 0.104. The zero-order valence-electron chi connectivity index (χ0n) is 10.9. The highest BCUT2D eigenvalue weighted by molar-refractivity contribution is 7.14. The van der Waals surface area contributed by atoms with E-state index in [1.807, 2.05) is 24.3 Å². The molecule has 4 heteroatoms. The maximum absolute atomic E-state index is 12.6. The number of aryl methyl sites for hydroxylation is 1. The number of hydrogen-bond donors (Lipinski definition) is 1. The molecule has 0 saturated carbocycles. The largest absolute Gasteiger partial charge is 0.360 e. The summed E-state index contributed by atoms with van der Waals surface area (Å²) >= 11 is 1.51. The van der Waals surface area contributed by atoms with Gasteiger partial charge in [-0.25, -0.2) is 0 Å². The molecule has 0 aliphatic heterocycles. The summed E-state index contributed by atoms with van der Waals surface area (Å²) < 4.78 is 0. The second-order valence-corrected chi connectivity index (χ2v) is 5.66. The first-order valence-corrected chi connectivity index (χ1v) is 7.20. The van der Waals surface area contributed by atoms with Crippen molar-refractivity contribution in [3.63, 3.8) is 0 Å². The van der Waals surface area contributed by atoms with E-state index in [-0.39, 0.29) is 5.78 Å². The summed E-state index contributed by atoms with van der Waals surface area (Å²) in [7, 11) is 0. The molecule has 0 spiro atoms. The number of nitriles is 1. The van der Waals surface area contributed by atoms with Crippen LogP contribution in [0.2, 0.25) is 0 Å². The van der Waals surface area contributed by atoms with E-state index in [0.717, 1.165) is 16.8 Å². The van der Waals surface area contributed by atoms with Crippen LogP contribution >= 0.6 is 11.3 Å². The van der Waals surface area contributed by atoms with Gasteiger partial charge in [-0.05, 0) is 30.7 Å². The minimum atomic E-state index is -0.0244. The molecule has 0 fully saturated rings. The quantitative estimate of drug-likeness (QED) is 0.740. The van der Waals surface area contributed by atoms with Crippen LogP contribution in [0.5, 0.6) is 0 Å². The Balaban J connectivity index is 2.15. The standard InChI is InChI=1S/C16H12N2OS/c1-2-11-6-7-14(20-11)16(19)12-9-18-13-5-3-4-10(8-17)15(12)13/h3-7,9,18H,2H2,1H3. The second-order valence-electron chi connectivity index (χ2n) is 4.49. The number of fused-ring (bicyclic) bond motifs is 1. The third-order valence-corrected chi connectivity index (χ3v) is 4.53. The molecule has 0 radical (unpaired) electrons. The van der Waals surface area contributed by atoms with Crippen LogP contribution in [0.3, 0.4) is 0 Å². The Morgan fingerprint density at radius 1 is 1.35 bits per heavy atom. The van der Waals surface area contributed by atoms with Gasteiger partial charge in [0, 0.05) is 22.0 Å². The Hall–Kier alpha value is -2.38. The van der Waals surface area contributed by atoms with Gasteiger partial charge in [0.25, 0.3) is 0 Å². The van der Waals surface area contributed by atoms with Gasteiger partial charge in [0.1, 0.15) is 0 Å². The smallest absolute Gasteiger partial charge is 0.205 e. The van der Waals surface area contributed by atoms with E-state index >= 15 is 0 Å². The predicted molar refractivity (Wildman–Crippen MR) is 80.1 cm³/mol. The summed E-state index contributed by atoms with van der Waals surface area (Å²) in [5.74, 6) is -0.0244. The number of nitrogens with zero attached hydrogens (tertiary/aromatic N) is 1. The Morgan fingerprint density at radius 3 is 2.90 bits per heavy atom. The van der Waals surface area contributed by atoms with Gasteiger partial charge >= 0.3 is 0 Å². The normalized spacial score (nSPS) is 10.6. The van der Waals surface area contributed by atoms with Crippen LogP contribution in [0.25, 0.3) is 10.9 Å². The number of aromatic amines is 1. The second kappa shape index (κ2) is 4.95.